The van der Waals surface area contributed by atoms with Crippen molar-refractivity contribution in [3.05, 3.63) is 53.6 Å². The molecule has 3 heterocycles. The molecule has 1 aliphatic carbocycles. The Balaban J connectivity index is 1.35. The summed E-state index contributed by atoms with van der Waals surface area (Å²) < 4.78 is 54.0. The second kappa shape index (κ2) is 9.53. The molecule has 2 amide bonds. The Labute approximate surface area is 228 Å². The van der Waals surface area contributed by atoms with Crippen molar-refractivity contribution in [1.82, 2.24) is 24.4 Å². The highest BCUT2D eigenvalue weighted by molar-refractivity contribution is 5.94. The predicted octanol–water partition coefficient (Wildman–Crippen LogP) is 4.43. The molecule has 40 heavy (non-hydrogen) atoms. The van der Waals surface area contributed by atoms with Crippen molar-refractivity contribution in [2.45, 2.75) is 63.8 Å². The van der Waals surface area contributed by atoms with Crippen molar-refractivity contribution in [2.24, 2.45) is 5.92 Å². The van der Waals surface area contributed by atoms with Gasteiger partial charge < -0.3 is 14.9 Å². The van der Waals surface area contributed by atoms with Crippen LogP contribution in [0.4, 0.5) is 17.6 Å². The van der Waals surface area contributed by atoms with E-state index in [1.165, 1.54) is 17.0 Å². The second-order valence-electron chi connectivity index (χ2n) is 11.7. The fourth-order valence-electron chi connectivity index (χ4n) is 5.57. The third-order valence-electron chi connectivity index (χ3n) is 7.94. The first-order chi connectivity index (χ1) is 18.6. The van der Waals surface area contributed by atoms with Gasteiger partial charge in [0.1, 0.15) is 11.5 Å². The van der Waals surface area contributed by atoms with Gasteiger partial charge in [-0.1, -0.05) is 13.8 Å². The SMILES string of the molecule is CC(C)c1cc(-c2ccc(F)cc2)nn2cc(C(=O)N3CCN(C(=O)C4CC(O)(C(F)(F)F)C4)CC3(C)C)nc12. The predicted molar refractivity (Wildman–Crippen MR) is 138 cm³/mol. The first-order valence-corrected chi connectivity index (χ1v) is 13.2. The van der Waals surface area contributed by atoms with Crippen molar-refractivity contribution in [2.75, 3.05) is 19.6 Å². The summed E-state index contributed by atoms with van der Waals surface area (Å²) in [5, 5.41) is 14.3. The Morgan fingerprint density at radius 2 is 1.75 bits per heavy atom. The van der Waals surface area contributed by atoms with E-state index in [1.54, 1.807) is 41.6 Å². The van der Waals surface area contributed by atoms with Crippen molar-refractivity contribution < 1.29 is 32.3 Å². The zero-order valence-electron chi connectivity index (χ0n) is 22.7. The number of imidazole rings is 1. The first kappa shape index (κ1) is 28.0. The third kappa shape index (κ3) is 4.82. The molecule has 1 aromatic carbocycles. The summed E-state index contributed by atoms with van der Waals surface area (Å²) in [6.45, 7) is 8.04. The average molecular weight is 562 g/mol. The Morgan fingerprint density at radius 3 is 2.33 bits per heavy atom. The lowest BCUT2D eigenvalue weighted by molar-refractivity contribution is -0.297. The normalized spacial score (nSPS) is 23.0. The number of amides is 2. The van der Waals surface area contributed by atoms with Gasteiger partial charge in [-0.25, -0.2) is 13.9 Å². The maximum atomic E-state index is 13.7. The van der Waals surface area contributed by atoms with Crippen LogP contribution in [0.25, 0.3) is 16.9 Å². The lowest BCUT2D eigenvalue weighted by Crippen LogP contribution is -2.65. The van der Waals surface area contributed by atoms with Crippen LogP contribution in [0.5, 0.6) is 0 Å². The number of aliphatic hydroxyl groups is 1. The molecular formula is C28H31F4N5O3. The minimum absolute atomic E-state index is 0.0579. The largest absolute Gasteiger partial charge is 0.417 e. The molecule has 214 valence electrons. The number of aromatic nitrogens is 3. The molecule has 1 saturated heterocycles. The highest BCUT2D eigenvalue weighted by Crippen LogP contribution is 2.49. The van der Waals surface area contributed by atoms with Gasteiger partial charge in [0.05, 0.1) is 17.4 Å². The number of hydrogen-bond acceptors (Lipinski definition) is 5. The highest BCUT2D eigenvalue weighted by Gasteiger charge is 2.63. The van der Waals surface area contributed by atoms with Crippen LogP contribution >= 0.6 is 0 Å². The third-order valence-corrected chi connectivity index (χ3v) is 7.94. The molecule has 3 aromatic rings. The topological polar surface area (TPSA) is 91.0 Å². The van der Waals surface area contributed by atoms with Crippen LogP contribution in [0.3, 0.4) is 0 Å². The van der Waals surface area contributed by atoms with Crippen molar-refractivity contribution in [1.29, 1.82) is 0 Å². The summed E-state index contributed by atoms with van der Waals surface area (Å²) in [5.74, 6) is -2.00. The molecule has 2 fully saturated rings. The van der Waals surface area contributed by atoms with Crippen molar-refractivity contribution in [3.63, 3.8) is 0 Å². The quantitative estimate of drug-likeness (QED) is 0.476. The van der Waals surface area contributed by atoms with Gasteiger partial charge in [-0.3, -0.25) is 9.59 Å². The molecule has 8 nitrogen and oxygen atoms in total. The monoisotopic (exact) mass is 561 g/mol. The number of benzene rings is 1. The Hall–Kier alpha value is -3.54. The van der Waals surface area contributed by atoms with E-state index >= 15 is 0 Å². The number of halogens is 4. The lowest BCUT2D eigenvalue weighted by atomic mass is 9.69. The number of nitrogens with zero attached hydrogens (tertiary/aromatic N) is 5. The molecule has 1 saturated carbocycles. The average Bonchev–Trinajstić information content (AvgIpc) is 3.28. The van der Waals surface area contributed by atoms with E-state index in [2.05, 4.69) is 10.1 Å². The maximum absolute atomic E-state index is 13.7. The summed E-state index contributed by atoms with van der Waals surface area (Å²) in [6.07, 6.45) is -4.52. The smallest absolute Gasteiger partial charge is 0.380 e. The van der Waals surface area contributed by atoms with Crippen molar-refractivity contribution in [3.8, 4) is 11.3 Å². The van der Waals surface area contributed by atoms with Crippen LogP contribution in [0.2, 0.25) is 0 Å². The van der Waals surface area contributed by atoms with Crippen LogP contribution in [-0.4, -0.2) is 78.3 Å². The zero-order valence-corrected chi connectivity index (χ0v) is 22.7. The van der Waals surface area contributed by atoms with Crippen LogP contribution < -0.4 is 0 Å². The van der Waals surface area contributed by atoms with Crippen LogP contribution in [0, 0.1) is 11.7 Å². The molecule has 12 heteroatoms. The van der Waals surface area contributed by atoms with Gasteiger partial charge in [0, 0.05) is 36.7 Å². The molecule has 0 bridgehead atoms. The summed E-state index contributed by atoms with van der Waals surface area (Å²) in [7, 11) is 0. The van der Waals surface area contributed by atoms with E-state index in [0.717, 1.165) is 5.56 Å². The molecule has 2 aliphatic rings. The van der Waals surface area contributed by atoms with E-state index in [1.807, 2.05) is 19.9 Å². The summed E-state index contributed by atoms with van der Waals surface area (Å²) in [4.78, 5) is 34.3. The number of alkyl halides is 3. The van der Waals surface area contributed by atoms with Crippen molar-refractivity contribution >= 4 is 17.5 Å². The number of hydrogen-bond donors (Lipinski definition) is 1. The van der Waals surface area contributed by atoms with E-state index < -0.39 is 42.0 Å². The molecule has 0 spiro atoms. The fourth-order valence-corrected chi connectivity index (χ4v) is 5.57. The minimum Gasteiger partial charge on any atom is -0.380 e. The molecule has 1 N–H and O–H groups in total. The number of carbonyl (C=O) groups is 2. The first-order valence-electron chi connectivity index (χ1n) is 13.2. The minimum atomic E-state index is -4.77. The maximum Gasteiger partial charge on any atom is 0.417 e. The molecule has 1 aliphatic heterocycles. The summed E-state index contributed by atoms with van der Waals surface area (Å²) in [5.41, 5.74) is -0.753. The molecule has 0 radical (unpaired) electrons. The van der Waals surface area contributed by atoms with Crippen LogP contribution in [0.15, 0.2) is 36.5 Å². The van der Waals surface area contributed by atoms with E-state index in [-0.39, 0.29) is 43.0 Å². The fraction of sp³-hybridized carbons (Fsp3) is 0.500. The Kier molecular flexibility index (Phi) is 6.67. The molecule has 2 aromatic heterocycles. The highest BCUT2D eigenvalue weighted by atomic mass is 19.4. The van der Waals surface area contributed by atoms with Gasteiger partial charge in [-0.15, -0.1) is 0 Å². The number of fused-ring (bicyclic) bond motifs is 1. The van der Waals surface area contributed by atoms with Gasteiger partial charge >= 0.3 is 6.18 Å². The standard InChI is InChI=1S/C28H31F4N5O3/c1-16(2)20-11-21(17-5-7-19(29)8-6-17)34-37-14-22(33-23(20)37)25(39)36-10-9-35(15-26(36,3)4)24(38)18-12-27(40,13-18)28(30,31)32/h5-8,11,14,16,18,40H,9-10,12-13,15H2,1-4H3. The molecular weight excluding hydrogens is 530 g/mol. The number of piperazine rings is 1. The van der Waals surface area contributed by atoms with Crippen LogP contribution in [0.1, 0.15) is 62.5 Å². The molecule has 0 atom stereocenters. The van der Waals surface area contributed by atoms with Gasteiger partial charge in [0.2, 0.25) is 5.91 Å². The van der Waals surface area contributed by atoms with Gasteiger partial charge in [0.25, 0.3) is 5.91 Å². The van der Waals surface area contributed by atoms with E-state index in [4.69, 9.17) is 0 Å². The van der Waals surface area contributed by atoms with Gasteiger partial charge in [-0.2, -0.15) is 18.3 Å². The number of carbonyl (C=O) groups excluding carboxylic acids is 2. The Morgan fingerprint density at radius 1 is 1.10 bits per heavy atom. The van der Waals surface area contributed by atoms with E-state index in [9.17, 15) is 32.3 Å². The van der Waals surface area contributed by atoms with Crippen LogP contribution in [-0.2, 0) is 4.79 Å². The molecule has 0 unspecified atom stereocenters. The second-order valence-corrected chi connectivity index (χ2v) is 11.7. The zero-order chi connectivity index (χ0) is 29.2. The van der Waals surface area contributed by atoms with Gasteiger partial charge in [0.15, 0.2) is 11.2 Å². The summed E-state index contributed by atoms with van der Waals surface area (Å²) in [6, 6.07) is 7.85. The Bertz CT molecular complexity index is 1460. The summed E-state index contributed by atoms with van der Waals surface area (Å²) >= 11 is 0. The molecule has 5 rings (SSSR count). The van der Waals surface area contributed by atoms with E-state index in [0.29, 0.717) is 16.9 Å². The van der Waals surface area contributed by atoms with Gasteiger partial charge in [-0.05, 0) is 62.9 Å². The number of rotatable bonds is 4. The lowest BCUT2D eigenvalue weighted by Gasteiger charge is -2.50.